The van der Waals surface area contributed by atoms with Crippen LogP contribution in [0.4, 0.5) is 0 Å². The molecular formula is C18H20N2O5S. The summed E-state index contributed by atoms with van der Waals surface area (Å²) < 4.78 is 29.5. The van der Waals surface area contributed by atoms with Crippen LogP contribution in [0.2, 0.25) is 0 Å². The Bertz CT molecular complexity index is 991. The molecule has 1 atom stereocenters. The average Bonchev–Trinajstić information content (AvgIpc) is 3.02. The summed E-state index contributed by atoms with van der Waals surface area (Å²) in [5, 5.41) is 2.76. The first-order valence-corrected chi connectivity index (χ1v) is 9.90. The Morgan fingerprint density at radius 3 is 2.65 bits per heavy atom. The monoisotopic (exact) mass is 376 g/mol. The van der Waals surface area contributed by atoms with Gasteiger partial charge in [0.05, 0.1) is 28.9 Å². The Labute approximate surface area is 151 Å². The predicted molar refractivity (Wildman–Crippen MR) is 94.9 cm³/mol. The van der Waals surface area contributed by atoms with Gasteiger partial charge in [-0.3, -0.25) is 4.79 Å². The molecule has 2 aromatic rings. The van der Waals surface area contributed by atoms with E-state index in [0.717, 1.165) is 0 Å². The normalized spacial score (nSPS) is 17.6. The maximum atomic E-state index is 12.7. The highest BCUT2D eigenvalue weighted by atomic mass is 32.2. The third kappa shape index (κ3) is 3.01. The maximum absolute atomic E-state index is 12.7. The van der Waals surface area contributed by atoms with Crippen LogP contribution in [0.3, 0.4) is 0 Å². The van der Waals surface area contributed by atoms with Crippen LogP contribution in [0.1, 0.15) is 50.6 Å². The summed E-state index contributed by atoms with van der Waals surface area (Å²) in [4.78, 5) is 27.9. The van der Waals surface area contributed by atoms with E-state index < -0.39 is 27.8 Å². The number of hydrogen-bond donors (Lipinski definition) is 2. The van der Waals surface area contributed by atoms with E-state index in [1.165, 1.54) is 0 Å². The lowest BCUT2D eigenvalue weighted by atomic mass is 10.1. The van der Waals surface area contributed by atoms with Crippen LogP contribution in [0.25, 0.3) is 0 Å². The summed E-state index contributed by atoms with van der Waals surface area (Å²) in [5.74, 6) is -1.13. The third-order valence-corrected chi connectivity index (χ3v) is 6.28. The first-order chi connectivity index (χ1) is 12.3. The Morgan fingerprint density at radius 2 is 1.96 bits per heavy atom. The lowest BCUT2D eigenvalue weighted by molar-refractivity contribution is 0.0525. The fourth-order valence-electron chi connectivity index (χ4n) is 3.29. The molecule has 8 heteroatoms. The number of hydrogen-bond acceptors (Lipinski definition) is 5. The minimum Gasteiger partial charge on any atom is -0.462 e. The maximum Gasteiger partial charge on any atom is 0.340 e. The van der Waals surface area contributed by atoms with Gasteiger partial charge in [0.25, 0.3) is 5.91 Å². The Morgan fingerprint density at radius 1 is 1.27 bits per heavy atom. The van der Waals surface area contributed by atoms with Gasteiger partial charge in [0.1, 0.15) is 5.69 Å². The summed E-state index contributed by atoms with van der Waals surface area (Å²) >= 11 is 0. The fourth-order valence-corrected chi connectivity index (χ4v) is 5.02. The molecule has 0 bridgehead atoms. The van der Waals surface area contributed by atoms with Gasteiger partial charge in [0.2, 0.25) is 0 Å². The number of amides is 1. The topological polar surface area (TPSA) is 105 Å². The molecule has 1 amide bonds. The van der Waals surface area contributed by atoms with E-state index in [1.54, 1.807) is 45.0 Å². The molecule has 0 spiro atoms. The summed E-state index contributed by atoms with van der Waals surface area (Å²) in [6.07, 6.45) is 0. The van der Waals surface area contributed by atoms with E-state index in [9.17, 15) is 18.0 Å². The van der Waals surface area contributed by atoms with Crippen LogP contribution in [-0.4, -0.2) is 37.6 Å². The molecule has 1 aromatic carbocycles. The van der Waals surface area contributed by atoms with Crippen molar-refractivity contribution < 1.29 is 22.7 Å². The number of benzene rings is 1. The van der Waals surface area contributed by atoms with Crippen LogP contribution >= 0.6 is 0 Å². The van der Waals surface area contributed by atoms with Crippen molar-refractivity contribution in [2.24, 2.45) is 0 Å². The van der Waals surface area contributed by atoms with Crippen LogP contribution in [0, 0.1) is 13.8 Å². The minimum absolute atomic E-state index is 0.179. The van der Waals surface area contributed by atoms with E-state index >= 15 is 0 Å². The number of aromatic amines is 1. The first-order valence-electron chi connectivity index (χ1n) is 8.25. The van der Waals surface area contributed by atoms with Crippen molar-refractivity contribution >= 4 is 21.7 Å². The third-order valence-electron chi connectivity index (χ3n) is 4.47. The Balaban J connectivity index is 1.89. The zero-order chi connectivity index (χ0) is 19.1. The lowest BCUT2D eigenvalue weighted by Gasteiger charge is -2.12. The molecule has 1 aliphatic rings. The van der Waals surface area contributed by atoms with Crippen LogP contribution in [0.15, 0.2) is 29.2 Å². The van der Waals surface area contributed by atoms with Crippen molar-refractivity contribution in [3.63, 3.8) is 0 Å². The lowest BCUT2D eigenvalue weighted by Crippen LogP contribution is -2.30. The number of sulfone groups is 1. The number of esters is 1. The Kier molecular flexibility index (Phi) is 4.62. The van der Waals surface area contributed by atoms with E-state index in [2.05, 4.69) is 10.3 Å². The predicted octanol–water partition coefficient (Wildman–Crippen LogP) is 2.07. The summed E-state index contributed by atoms with van der Waals surface area (Å²) in [6.45, 7) is 5.29. The molecule has 2 heterocycles. The minimum atomic E-state index is -3.42. The number of aryl methyl sites for hydroxylation is 1. The second kappa shape index (κ2) is 6.60. The van der Waals surface area contributed by atoms with Gasteiger partial charge in [-0.1, -0.05) is 18.2 Å². The quantitative estimate of drug-likeness (QED) is 0.795. The van der Waals surface area contributed by atoms with Crippen molar-refractivity contribution in [2.45, 2.75) is 31.7 Å². The average molecular weight is 376 g/mol. The zero-order valence-corrected chi connectivity index (χ0v) is 15.6. The van der Waals surface area contributed by atoms with Crippen LogP contribution < -0.4 is 5.32 Å². The highest BCUT2D eigenvalue weighted by molar-refractivity contribution is 7.91. The molecule has 1 unspecified atom stereocenters. The fraction of sp³-hybridized carbons (Fsp3) is 0.333. The molecule has 0 fully saturated rings. The van der Waals surface area contributed by atoms with Crippen molar-refractivity contribution in [3.8, 4) is 0 Å². The molecule has 7 nitrogen and oxygen atoms in total. The van der Waals surface area contributed by atoms with Gasteiger partial charge in [-0.05, 0) is 38.0 Å². The molecule has 0 saturated carbocycles. The van der Waals surface area contributed by atoms with Gasteiger partial charge in [-0.25, -0.2) is 13.2 Å². The summed E-state index contributed by atoms with van der Waals surface area (Å²) in [6, 6.07) is 6.01. The van der Waals surface area contributed by atoms with E-state index in [1.807, 2.05) is 0 Å². The number of fused-ring (bicyclic) bond motifs is 1. The van der Waals surface area contributed by atoms with Crippen molar-refractivity contribution in [3.05, 3.63) is 52.3 Å². The highest BCUT2D eigenvalue weighted by Gasteiger charge is 2.36. The van der Waals surface area contributed by atoms with Gasteiger partial charge >= 0.3 is 5.97 Å². The number of carbonyl (C=O) groups excluding carboxylic acids is 2. The number of rotatable bonds is 4. The van der Waals surface area contributed by atoms with Crippen molar-refractivity contribution in [2.75, 3.05) is 12.4 Å². The SMILES string of the molecule is CCOC(=O)c1c(C)[nH]c(C(=O)NC2CS(=O)(=O)c3ccccc32)c1C. The molecule has 0 radical (unpaired) electrons. The smallest absolute Gasteiger partial charge is 0.340 e. The van der Waals surface area contributed by atoms with E-state index in [0.29, 0.717) is 22.4 Å². The molecule has 2 N–H and O–H groups in total. The molecule has 3 rings (SSSR count). The molecule has 0 aliphatic carbocycles. The molecular weight excluding hydrogens is 356 g/mol. The second-order valence-electron chi connectivity index (χ2n) is 6.19. The van der Waals surface area contributed by atoms with Gasteiger partial charge in [0, 0.05) is 5.69 Å². The number of H-pyrrole nitrogens is 1. The zero-order valence-electron chi connectivity index (χ0n) is 14.8. The molecule has 1 aliphatic heterocycles. The van der Waals surface area contributed by atoms with Crippen molar-refractivity contribution in [1.29, 1.82) is 0 Å². The highest BCUT2D eigenvalue weighted by Crippen LogP contribution is 2.33. The molecule has 0 saturated heterocycles. The summed E-state index contributed by atoms with van der Waals surface area (Å²) in [7, 11) is -3.42. The van der Waals surface area contributed by atoms with Gasteiger partial charge < -0.3 is 15.0 Å². The number of aromatic nitrogens is 1. The number of nitrogens with one attached hydrogen (secondary N) is 2. The Hall–Kier alpha value is -2.61. The van der Waals surface area contributed by atoms with Gasteiger partial charge in [-0.15, -0.1) is 0 Å². The van der Waals surface area contributed by atoms with E-state index in [-0.39, 0.29) is 22.9 Å². The van der Waals surface area contributed by atoms with Crippen LogP contribution in [0.5, 0.6) is 0 Å². The summed E-state index contributed by atoms with van der Waals surface area (Å²) in [5.41, 5.74) is 2.15. The second-order valence-corrected chi connectivity index (χ2v) is 8.19. The molecule has 138 valence electrons. The largest absolute Gasteiger partial charge is 0.462 e. The van der Waals surface area contributed by atoms with Crippen molar-refractivity contribution in [1.82, 2.24) is 10.3 Å². The molecule has 1 aromatic heterocycles. The van der Waals surface area contributed by atoms with E-state index in [4.69, 9.17) is 4.74 Å². The first kappa shape index (κ1) is 18.2. The van der Waals surface area contributed by atoms with Gasteiger partial charge in [0.15, 0.2) is 9.84 Å². The standard InChI is InChI=1S/C18H20N2O5S/c1-4-25-18(22)15-10(2)16(19-11(15)3)17(21)20-13-9-26(23,24)14-8-6-5-7-12(13)14/h5-8,13,19H,4,9H2,1-3H3,(H,20,21). The number of ether oxygens (including phenoxy) is 1. The van der Waals surface area contributed by atoms with Crippen LogP contribution in [-0.2, 0) is 14.6 Å². The molecule has 26 heavy (non-hydrogen) atoms. The van der Waals surface area contributed by atoms with Gasteiger partial charge in [-0.2, -0.15) is 0 Å². The number of carbonyl (C=O) groups is 2.